The third-order valence-corrected chi connectivity index (χ3v) is 7.93. The highest BCUT2D eigenvalue weighted by molar-refractivity contribution is 7.07. The number of fused-ring (bicyclic) bond motifs is 1. The molecule has 0 radical (unpaired) electrons. The van der Waals surface area contributed by atoms with E-state index in [4.69, 9.17) is 18.9 Å². The first-order chi connectivity index (χ1) is 18.5. The zero-order valence-corrected chi connectivity index (χ0v) is 22.9. The van der Waals surface area contributed by atoms with Crippen molar-refractivity contribution in [2.45, 2.75) is 26.8 Å². The van der Waals surface area contributed by atoms with Gasteiger partial charge in [-0.1, -0.05) is 29.5 Å². The van der Waals surface area contributed by atoms with Crippen LogP contribution < -0.4 is 24.5 Å². The zero-order chi connectivity index (χ0) is 26.8. The van der Waals surface area contributed by atoms with Crippen LogP contribution in [0.25, 0.3) is 6.08 Å². The van der Waals surface area contributed by atoms with Crippen LogP contribution in [0.1, 0.15) is 38.1 Å². The fourth-order valence-electron chi connectivity index (χ4n) is 4.97. The van der Waals surface area contributed by atoms with Gasteiger partial charge in [0.05, 0.1) is 36.1 Å². The van der Waals surface area contributed by atoms with Crippen LogP contribution in [0.3, 0.4) is 0 Å². The minimum Gasteiger partial charge on any atom is -0.496 e. The lowest BCUT2D eigenvalue weighted by molar-refractivity contribution is -0.127. The molecule has 0 N–H and O–H groups in total. The second-order valence-electron chi connectivity index (χ2n) is 9.08. The van der Waals surface area contributed by atoms with Gasteiger partial charge in [0.2, 0.25) is 0 Å². The number of anilines is 1. The molecule has 200 valence electrons. The third kappa shape index (κ3) is 4.69. The maximum absolute atomic E-state index is 13.9. The number of amides is 1. The molecule has 0 bridgehead atoms. The van der Waals surface area contributed by atoms with Crippen LogP contribution in [0, 0.1) is 0 Å². The van der Waals surface area contributed by atoms with Gasteiger partial charge in [-0.05, 0) is 32.9 Å². The molecule has 9 nitrogen and oxygen atoms in total. The van der Waals surface area contributed by atoms with E-state index in [1.807, 2.05) is 57.2 Å². The predicted octanol–water partition coefficient (Wildman–Crippen LogP) is 2.54. The van der Waals surface area contributed by atoms with E-state index in [1.54, 1.807) is 22.7 Å². The number of carbonyl (C=O) groups excluding carboxylic acids is 1. The predicted molar refractivity (Wildman–Crippen MR) is 146 cm³/mol. The van der Waals surface area contributed by atoms with Crippen molar-refractivity contribution in [1.29, 1.82) is 0 Å². The van der Waals surface area contributed by atoms with E-state index in [0.717, 1.165) is 24.5 Å². The van der Waals surface area contributed by atoms with Crippen molar-refractivity contribution in [3.05, 3.63) is 78.7 Å². The van der Waals surface area contributed by atoms with E-state index >= 15 is 0 Å². The maximum Gasteiger partial charge on any atom is 0.271 e. The molecule has 0 spiro atoms. The number of para-hydroxylation sites is 1. The number of nitrogens with zero attached hydrogens (tertiary/aromatic N) is 4. The van der Waals surface area contributed by atoms with Gasteiger partial charge in [0.1, 0.15) is 17.6 Å². The van der Waals surface area contributed by atoms with Crippen LogP contribution in [-0.4, -0.2) is 61.9 Å². The van der Waals surface area contributed by atoms with Gasteiger partial charge in [-0.15, -0.1) is 0 Å². The van der Waals surface area contributed by atoms with E-state index in [2.05, 4.69) is 4.90 Å². The van der Waals surface area contributed by atoms with Gasteiger partial charge in [-0.2, -0.15) is 0 Å². The number of methoxy groups -OCH3 is 1. The van der Waals surface area contributed by atoms with Crippen LogP contribution in [-0.2, 0) is 9.53 Å². The molecule has 2 aromatic heterocycles. The SMILES string of the molecule is CCN(CC)C(=O)C1=C(C)N=c2s/c(=C/c3ccc(N4CCOCC4)o3)c(=O)n2[C@H]1c1ccccc1OC. The molecule has 4 heterocycles. The Hall–Kier alpha value is -3.63. The quantitative estimate of drug-likeness (QED) is 0.461. The molecule has 0 saturated carbocycles. The number of allylic oxidation sites excluding steroid dienone is 1. The highest BCUT2D eigenvalue weighted by atomic mass is 32.1. The number of rotatable bonds is 7. The highest BCUT2D eigenvalue weighted by Crippen LogP contribution is 2.36. The van der Waals surface area contributed by atoms with Gasteiger partial charge >= 0.3 is 0 Å². The molecule has 2 aliphatic rings. The number of aromatic nitrogens is 1. The van der Waals surface area contributed by atoms with Gasteiger partial charge in [-0.3, -0.25) is 14.2 Å². The molecule has 3 aromatic rings. The summed E-state index contributed by atoms with van der Waals surface area (Å²) in [7, 11) is 1.59. The molecule has 1 atom stereocenters. The van der Waals surface area contributed by atoms with Crippen LogP contribution in [0.5, 0.6) is 5.75 Å². The molecule has 2 aliphatic heterocycles. The Labute approximate surface area is 224 Å². The highest BCUT2D eigenvalue weighted by Gasteiger charge is 2.35. The number of morpholine rings is 1. The van der Waals surface area contributed by atoms with Crippen molar-refractivity contribution in [2.75, 3.05) is 51.4 Å². The third-order valence-electron chi connectivity index (χ3n) is 6.94. The van der Waals surface area contributed by atoms with E-state index in [0.29, 0.717) is 58.4 Å². The van der Waals surface area contributed by atoms with E-state index in [-0.39, 0.29) is 11.5 Å². The van der Waals surface area contributed by atoms with Crippen LogP contribution in [0.2, 0.25) is 0 Å². The van der Waals surface area contributed by atoms with E-state index in [1.165, 1.54) is 11.3 Å². The summed E-state index contributed by atoms with van der Waals surface area (Å²) in [6.45, 7) is 9.66. The molecular formula is C28H32N4O5S. The monoisotopic (exact) mass is 536 g/mol. The molecule has 10 heteroatoms. The number of hydrogen-bond acceptors (Lipinski definition) is 8. The van der Waals surface area contributed by atoms with Gasteiger partial charge in [0, 0.05) is 43.9 Å². The van der Waals surface area contributed by atoms with E-state index < -0.39 is 6.04 Å². The minimum atomic E-state index is -0.668. The van der Waals surface area contributed by atoms with Crippen LogP contribution >= 0.6 is 11.3 Å². The van der Waals surface area contributed by atoms with Gasteiger partial charge in [0.25, 0.3) is 11.5 Å². The lowest BCUT2D eigenvalue weighted by Crippen LogP contribution is -2.43. The maximum atomic E-state index is 13.9. The second kappa shape index (κ2) is 11.0. The smallest absolute Gasteiger partial charge is 0.271 e. The average molecular weight is 537 g/mol. The molecule has 1 saturated heterocycles. The number of furan rings is 1. The Morgan fingerprint density at radius 2 is 1.92 bits per heavy atom. The Balaban J connectivity index is 1.65. The lowest BCUT2D eigenvalue weighted by atomic mass is 9.94. The van der Waals surface area contributed by atoms with Crippen molar-refractivity contribution in [3.8, 4) is 5.75 Å². The van der Waals surface area contributed by atoms with Crippen molar-refractivity contribution in [3.63, 3.8) is 0 Å². The summed E-state index contributed by atoms with van der Waals surface area (Å²) in [6, 6.07) is 10.6. The van der Waals surface area contributed by atoms with Crippen molar-refractivity contribution in [2.24, 2.45) is 4.99 Å². The summed E-state index contributed by atoms with van der Waals surface area (Å²) >= 11 is 1.29. The summed E-state index contributed by atoms with van der Waals surface area (Å²) < 4.78 is 19.2. The largest absolute Gasteiger partial charge is 0.496 e. The Morgan fingerprint density at radius 3 is 2.63 bits per heavy atom. The Bertz CT molecular complexity index is 1540. The number of carbonyl (C=O) groups is 1. The fourth-order valence-corrected chi connectivity index (χ4v) is 5.99. The standard InChI is InChI=1S/C28H32N4O5S/c1-5-30(6-2)27(34)24-18(3)29-28-32(25(24)20-9-7-8-10-21(20)35-4)26(33)22(38-28)17-19-11-12-23(37-19)31-13-15-36-16-14-31/h7-12,17,25H,5-6,13-16H2,1-4H3/b22-17+/t25-/m0/s1. The van der Waals surface area contributed by atoms with Gasteiger partial charge in [-0.25, -0.2) is 4.99 Å². The minimum absolute atomic E-state index is 0.136. The number of hydrogen-bond donors (Lipinski definition) is 0. The molecule has 1 amide bonds. The fraction of sp³-hybridized carbons (Fsp3) is 0.393. The van der Waals surface area contributed by atoms with E-state index in [9.17, 15) is 9.59 Å². The van der Waals surface area contributed by atoms with Gasteiger partial charge < -0.3 is 23.7 Å². The second-order valence-corrected chi connectivity index (χ2v) is 10.1. The topological polar surface area (TPSA) is 89.5 Å². The Morgan fingerprint density at radius 1 is 1.18 bits per heavy atom. The average Bonchev–Trinajstić information content (AvgIpc) is 3.53. The molecule has 38 heavy (non-hydrogen) atoms. The molecule has 5 rings (SSSR count). The zero-order valence-electron chi connectivity index (χ0n) is 22.1. The molecule has 1 aromatic carbocycles. The summed E-state index contributed by atoms with van der Waals surface area (Å²) in [5.41, 5.74) is 1.58. The van der Waals surface area contributed by atoms with Crippen molar-refractivity contribution >= 4 is 29.2 Å². The number of ether oxygens (including phenoxy) is 2. The van der Waals surface area contributed by atoms with Crippen molar-refractivity contribution < 1.29 is 18.7 Å². The van der Waals surface area contributed by atoms with Crippen molar-refractivity contribution in [1.82, 2.24) is 9.47 Å². The Kier molecular flexibility index (Phi) is 7.53. The number of likely N-dealkylation sites (N-methyl/N-ethyl adjacent to an activating group) is 1. The summed E-state index contributed by atoms with van der Waals surface area (Å²) in [5, 5.41) is 0. The lowest BCUT2D eigenvalue weighted by Gasteiger charge is -2.29. The summed E-state index contributed by atoms with van der Waals surface area (Å²) in [5.74, 6) is 1.80. The summed E-state index contributed by atoms with van der Waals surface area (Å²) in [6.07, 6.45) is 1.75. The molecule has 1 fully saturated rings. The van der Waals surface area contributed by atoms with Crippen LogP contribution in [0.15, 0.2) is 61.9 Å². The first kappa shape index (κ1) is 26.0. The molecule has 0 unspecified atom stereocenters. The number of benzene rings is 1. The first-order valence-corrected chi connectivity index (χ1v) is 13.7. The molecule has 0 aliphatic carbocycles. The van der Waals surface area contributed by atoms with Crippen LogP contribution in [0.4, 0.5) is 5.88 Å². The van der Waals surface area contributed by atoms with Gasteiger partial charge in [0.15, 0.2) is 10.7 Å². The number of thiazole rings is 1. The summed E-state index contributed by atoms with van der Waals surface area (Å²) in [4.78, 5) is 36.8. The molecular weight excluding hydrogens is 504 g/mol. The normalized spacial score (nSPS) is 17.8. The first-order valence-electron chi connectivity index (χ1n) is 12.8.